The summed E-state index contributed by atoms with van der Waals surface area (Å²) in [6.45, 7) is 2.05. The Morgan fingerprint density at radius 3 is 2.93 bits per heavy atom. The molecule has 1 aromatic carbocycles. The van der Waals surface area contributed by atoms with Crippen LogP contribution in [0.25, 0.3) is 6.08 Å². The van der Waals surface area contributed by atoms with Crippen LogP contribution in [-0.4, -0.2) is 5.33 Å². The monoisotopic (exact) mass is 249 g/mol. The topological polar surface area (TPSA) is 23.8 Å². The van der Waals surface area contributed by atoms with Crippen LogP contribution in [0.4, 0.5) is 0 Å². The number of hydrogen-bond donors (Lipinski definition) is 0. The molecule has 0 unspecified atom stereocenters. The minimum Gasteiger partial charge on any atom is -0.192 e. The predicted molar refractivity (Wildman–Crippen MR) is 63.3 cm³/mol. The zero-order valence-corrected chi connectivity index (χ0v) is 9.71. The molecule has 72 valence electrons. The second kappa shape index (κ2) is 5.62. The maximum atomic E-state index is 8.74. The molecule has 0 N–H and O–H groups in total. The van der Waals surface area contributed by atoms with Crippen molar-refractivity contribution in [2.45, 2.75) is 13.3 Å². The van der Waals surface area contributed by atoms with Gasteiger partial charge in [0, 0.05) is 5.33 Å². The summed E-state index contributed by atoms with van der Waals surface area (Å²) in [5.41, 5.74) is 3.05. The largest absolute Gasteiger partial charge is 0.192 e. The van der Waals surface area contributed by atoms with Crippen LogP contribution in [0.2, 0.25) is 0 Å². The second-order valence-electron chi connectivity index (χ2n) is 3.06. The summed E-state index contributed by atoms with van der Waals surface area (Å²) < 4.78 is 0. The zero-order valence-electron chi connectivity index (χ0n) is 8.13. The molecule has 0 saturated heterocycles. The van der Waals surface area contributed by atoms with E-state index in [0.717, 1.165) is 17.3 Å². The Balaban J connectivity index is 2.90. The van der Waals surface area contributed by atoms with Crippen LogP contribution >= 0.6 is 15.9 Å². The predicted octanol–water partition coefficient (Wildman–Crippen LogP) is 3.66. The molecule has 0 fully saturated rings. The molecule has 0 radical (unpaired) electrons. The van der Waals surface area contributed by atoms with Crippen molar-refractivity contribution in [1.29, 1.82) is 5.26 Å². The van der Waals surface area contributed by atoms with Gasteiger partial charge in [-0.25, -0.2) is 0 Å². The first-order chi connectivity index (χ1) is 6.77. The summed E-state index contributed by atoms with van der Waals surface area (Å²) in [6.07, 6.45) is 5.19. The van der Waals surface area contributed by atoms with Gasteiger partial charge in [0.1, 0.15) is 0 Å². The molecule has 0 aliphatic rings. The van der Waals surface area contributed by atoms with Gasteiger partial charge in [-0.1, -0.05) is 34.1 Å². The van der Waals surface area contributed by atoms with Gasteiger partial charge in [0.15, 0.2) is 0 Å². The number of allylic oxidation sites excluding steroid dienone is 1. The van der Waals surface area contributed by atoms with Crippen LogP contribution in [0.3, 0.4) is 0 Å². The van der Waals surface area contributed by atoms with Gasteiger partial charge in [-0.05, 0) is 36.6 Å². The van der Waals surface area contributed by atoms with Crippen LogP contribution in [-0.2, 0) is 0 Å². The summed E-state index contributed by atoms with van der Waals surface area (Å²) in [4.78, 5) is 0. The molecule has 1 nitrogen and oxygen atoms in total. The summed E-state index contributed by atoms with van der Waals surface area (Å²) in [7, 11) is 0. The van der Waals surface area contributed by atoms with E-state index in [0.29, 0.717) is 5.56 Å². The van der Waals surface area contributed by atoms with Crippen molar-refractivity contribution in [3.8, 4) is 6.07 Å². The van der Waals surface area contributed by atoms with E-state index in [2.05, 4.69) is 41.1 Å². The number of hydrogen-bond acceptors (Lipinski definition) is 1. The zero-order chi connectivity index (χ0) is 10.4. The van der Waals surface area contributed by atoms with Crippen molar-refractivity contribution in [3.05, 3.63) is 41.0 Å². The summed E-state index contributed by atoms with van der Waals surface area (Å²) >= 11 is 3.37. The Hall–Kier alpha value is -1.07. The van der Waals surface area contributed by atoms with Crippen LogP contribution in [0.1, 0.15) is 23.1 Å². The Bertz CT molecular complexity index is 374. The minimum atomic E-state index is 0.717. The van der Waals surface area contributed by atoms with E-state index in [1.165, 1.54) is 5.56 Å². The summed E-state index contributed by atoms with van der Waals surface area (Å²) in [6, 6.07) is 7.88. The summed E-state index contributed by atoms with van der Waals surface area (Å²) in [5, 5.41) is 9.72. The SMILES string of the molecule is Cc1ccc(C#N)cc1C=CCCBr. The molecule has 0 amide bonds. The van der Waals surface area contributed by atoms with Crippen LogP contribution in [0.15, 0.2) is 24.3 Å². The van der Waals surface area contributed by atoms with Gasteiger partial charge in [-0.2, -0.15) is 5.26 Å². The Labute approximate surface area is 93.2 Å². The Morgan fingerprint density at radius 1 is 1.50 bits per heavy atom. The molecule has 0 aliphatic carbocycles. The molecule has 0 bridgehead atoms. The van der Waals surface area contributed by atoms with E-state index in [1.54, 1.807) is 0 Å². The standard InChI is InChI=1S/C12H12BrN/c1-10-5-6-11(9-14)8-12(10)4-2-3-7-13/h2,4-6,8H,3,7H2,1H3. The second-order valence-corrected chi connectivity index (χ2v) is 3.86. The average molecular weight is 250 g/mol. The van der Waals surface area contributed by atoms with E-state index in [4.69, 9.17) is 5.26 Å². The van der Waals surface area contributed by atoms with Crippen molar-refractivity contribution in [2.24, 2.45) is 0 Å². The third-order valence-corrected chi connectivity index (χ3v) is 2.44. The van der Waals surface area contributed by atoms with E-state index in [-0.39, 0.29) is 0 Å². The van der Waals surface area contributed by atoms with Gasteiger partial charge in [-0.3, -0.25) is 0 Å². The van der Waals surface area contributed by atoms with Crippen LogP contribution < -0.4 is 0 Å². The lowest BCUT2D eigenvalue weighted by Crippen LogP contribution is -1.82. The number of halogens is 1. The lowest BCUT2D eigenvalue weighted by molar-refractivity contribution is 1.27. The van der Waals surface area contributed by atoms with E-state index < -0.39 is 0 Å². The highest BCUT2D eigenvalue weighted by Crippen LogP contribution is 2.12. The van der Waals surface area contributed by atoms with Crippen molar-refractivity contribution in [2.75, 3.05) is 5.33 Å². The number of alkyl halides is 1. The molecule has 0 spiro atoms. The molecular formula is C12H12BrN. The molecule has 0 aliphatic heterocycles. The van der Waals surface area contributed by atoms with E-state index >= 15 is 0 Å². The van der Waals surface area contributed by atoms with Crippen LogP contribution in [0, 0.1) is 18.3 Å². The van der Waals surface area contributed by atoms with Gasteiger partial charge < -0.3 is 0 Å². The maximum Gasteiger partial charge on any atom is 0.0991 e. The normalized spacial score (nSPS) is 10.4. The maximum absolute atomic E-state index is 8.74. The smallest absolute Gasteiger partial charge is 0.0991 e. The van der Waals surface area contributed by atoms with Crippen molar-refractivity contribution in [1.82, 2.24) is 0 Å². The highest BCUT2D eigenvalue weighted by Gasteiger charge is 1.95. The quantitative estimate of drug-likeness (QED) is 0.751. The molecule has 14 heavy (non-hydrogen) atoms. The van der Waals surface area contributed by atoms with Gasteiger partial charge >= 0.3 is 0 Å². The molecule has 0 saturated carbocycles. The lowest BCUT2D eigenvalue weighted by atomic mass is 10.1. The number of benzene rings is 1. The first-order valence-corrected chi connectivity index (χ1v) is 5.63. The molecule has 0 heterocycles. The molecule has 0 aromatic heterocycles. The third-order valence-electron chi connectivity index (χ3n) is 1.98. The first kappa shape index (κ1) is 11.0. The fourth-order valence-electron chi connectivity index (χ4n) is 1.16. The number of rotatable bonds is 3. The van der Waals surface area contributed by atoms with Gasteiger partial charge in [0.05, 0.1) is 11.6 Å². The van der Waals surface area contributed by atoms with Gasteiger partial charge in [0.25, 0.3) is 0 Å². The van der Waals surface area contributed by atoms with Gasteiger partial charge in [0.2, 0.25) is 0 Å². The molecule has 0 atom stereocenters. The fourth-order valence-corrected chi connectivity index (χ4v) is 1.43. The van der Waals surface area contributed by atoms with E-state index in [1.807, 2.05) is 18.2 Å². The Morgan fingerprint density at radius 2 is 2.29 bits per heavy atom. The van der Waals surface area contributed by atoms with E-state index in [9.17, 15) is 0 Å². The lowest BCUT2D eigenvalue weighted by Gasteiger charge is -1.99. The third kappa shape index (κ3) is 3.01. The molecule has 2 heteroatoms. The number of nitriles is 1. The highest BCUT2D eigenvalue weighted by molar-refractivity contribution is 9.09. The molecule has 1 aromatic rings. The van der Waals surface area contributed by atoms with Crippen molar-refractivity contribution < 1.29 is 0 Å². The summed E-state index contributed by atoms with van der Waals surface area (Å²) in [5.74, 6) is 0. The van der Waals surface area contributed by atoms with Gasteiger partial charge in [-0.15, -0.1) is 0 Å². The first-order valence-electron chi connectivity index (χ1n) is 4.51. The minimum absolute atomic E-state index is 0.717. The van der Waals surface area contributed by atoms with Crippen molar-refractivity contribution >= 4 is 22.0 Å². The van der Waals surface area contributed by atoms with Crippen molar-refractivity contribution in [3.63, 3.8) is 0 Å². The average Bonchev–Trinajstić information content (AvgIpc) is 2.21. The van der Waals surface area contributed by atoms with Crippen LogP contribution in [0.5, 0.6) is 0 Å². The number of aryl methyl sites for hydroxylation is 1. The Kier molecular flexibility index (Phi) is 4.42. The number of nitrogens with zero attached hydrogens (tertiary/aromatic N) is 1. The fraction of sp³-hybridized carbons (Fsp3) is 0.250. The molecule has 1 rings (SSSR count). The molecular weight excluding hydrogens is 238 g/mol. The highest BCUT2D eigenvalue weighted by atomic mass is 79.9.